The molecule has 2 aromatic carbocycles. The van der Waals surface area contributed by atoms with Crippen LogP contribution in [0.3, 0.4) is 0 Å². The predicted octanol–water partition coefficient (Wildman–Crippen LogP) is 2.70. The van der Waals surface area contributed by atoms with E-state index in [1.165, 1.54) is 0 Å². The molecule has 0 spiro atoms. The van der Waals surface area contributed by atoms with Crippen molar-refractivity contribution in [1.29, 1.82) is 0 Å². The summed E-state index contributed by atoms with van der Waals surface area (Å²) in [5.41, 5.74) is 3.75. The van der Waals surface area contributed by atoms with Crippen LogP contribution in [0.5, 0.6) is 34.5 Å². The van der Waals surface area contributed by atoms with Crippen LogP contribution in [0.1, 0.15) is 22.5 Å². The Morgan fingerprint density at radius 3 is 1.11 bits per heavy atom. The van der Waals surface area contributed by atoms with Gasteiger partial charge in [0.05, 0.1) is 66.4 Å². The van der Waals surface area contributed by atoms with Crippen molar-refractivity contribution in [2.75, 3.05) is 55.7 Å². The molecular formula is C30H42N8O6. The van der Waals surface area contributed by atoms with Crippen molar-refractivity contribution >= 4 is 0 Å². The zero-order valence-corrected chi connectivity index (χ0v) is 26.7. The summed E-state index contributed by atoms with van der Waals surface area (Å²) >= 11 is 0. The lowest BCUT2D eigenvalue weighted by molar-refractivity contribution is 0.179. The highest BCUT2D eigenvalue weighted by atomic mass is 16.5. The first-order valence-corrected chi connectivity index (χ1v) is 14.0. The van der Waals surface area contributed by atoms with E-state index in [9.17, 15) is 0 Å². The van der Waals surface area contributed by atoms with Crippen LogP contribution in [0.4, 0.5) is 0 Å². The lowest BCUT2D eigenvalue weighted by Crippen LogP contribution is -2.34. The largest absolute Gasteiger partial charge is 0.493 e. The lowest BCUT2D eigenvalue weighted by atomic mass is 10.1. The standard InChI is InChI=1S/C30H42N8O6/c1-35-31-15-23(33-35)19-37(17-21-11-25(39-3)29(43-7)26(12-21)40-4)9-10-38(20-24-16-32-36(2)34-24)18-22-13-27(41-5)30(44-8)28(14-22)42-6/h11-16H,9-10,17-20H2,1-8H3. The first-order valence-electron chi connectivity index (χ1n) is 14.0. The zero-order valence-electron chi connectivity index (χ0n) is 26.7. The minimum absolute atomic E-state index is 0.555. The molecule has 4 rings (SSSR count). The highest BCUT2D eigenvalue weighted by molar-refractivity contribution is 5.54. The van der Waals surface area contributed by atoms with Gasteiger partial charge in [0, 0.05) is 53.4 Å². The third-order valence-corrected chi connectivity index (χ3v) is 7.06. The molecule has 0 atom stereocenters. The highest BCUT2D eigenvalue weighted by Crippen LogP contribution is 2.39. The third kappa shape index (κ3) is 8.08. The summed E-state index contributed by atoms with van der Waals surface area (Å²) in [4.78, 5) is 7.75. The fraction of sp³-hybridized carbons (Fsp3) is 0.467. The van der Waals surface area contributed by atoms with Gasteiger partial charge < -0.3 is 28.4 Å². The van der Waals surface area contributed by atoms with E-state index in [4.69, 9.17) is 28.4 Å². The van der Waals surface area contributed by atoms with Crippen LogP contribution in [0.15, 0.2) is 36.7 Å². The normalized spacial score (nSPS) is 11.2. The molecule has 0 aliphatic rings. The smallest absolute Gasteiger partial charge is 0.203 e. The van der Waals surface area contributed by atoms with E-state index < -0.39 is 0 Å². The fourth-order valence-corrected chi connectivity index (χ4v) is 5.06. The van der Waals surface area contributed by atoms with E-state index in [2.05, 4.69) is 30.2 Å². The number of hydrogen-bond acceptors (Lipinski definition) is 12. The van der Waals surface area contributed by atoms with Crippen LogP contribution in [-0.4, -0.2) is 95.5 Å². The molecule has 4 aromatic rings. The molecule has 0 N–H and O–H groups in total. The van der Waals surface area contributed by atoms with E-state index in [1.807, 2.05) is 38.4 Å². The Kier molecular flexibility index (Phi) is 11.2. The maximum atomic E-state index is 5.61. The first kappa shape index (κ1) is 32.4. The molecule has 0 unspecified atom stereocenters. The quantitative estimate of drug-likeness (QED) is 0.175. The monoisotopic (exact) mass is 610 g/mol. The number of methoxy groups -OCH3 is 6. The summed E-state index contributed by atoms with van der Waals surface area (Å²) in [5.74, 6) is 3.53. The molecule has 238 valence electrons. The summed E-state index contributed by atoms with van der Waals surface area (Å²) in [6, 6.07) is 7.88. The number of nitrogens with zero attached hydrogens (tertiary/aromatic N) is 8. The summed E-state index contributed by atoms with van der Waals surface area (Å²) in [6.45, 7) is 3.81. The highest BCUT2D eigenvalue weighted by Gasteiger charge is 2.20. The van der Waals surface area contributed by atoms with Crippen LogP contribution in [-0.2, 0) is 40.3 Å². The minimum Gasteiger partial charge on any atom is -0.493 e. The molecule has 0 aliphatic heterocycles. The predicted molar refractivity (Wildman–Crippen MR) is 162 cm³/mol. The van der Waals surface area contributed by atoms with Gasteiger partial charge in [-0.05, 0) is 35.4 Å². The van der Waals surface area contributed by atoms with E-state index in [1.54, 1.807) is 64.6 Å². The van der Waals surface area contributed by atoms with Crippen molar-refractivity contribution in [1.82, 2.24) is 39.8 Å². The number of hydrogen-bond donors (Lipinski definition) is 0. The third-order valence-electron chi connectivity index (χ3n) is 7.06. The van der Waals surface area contributed by atoms with Gasteiger partial charge in [-0.1, -0.05) is 0 Å². The average molecular weight is 611 g/mol. The zero-order chi connectivity index (χ0) is 31.6. The van der Waals surface area contributed by atoms with E-state index in [0.717, 1.165) is 22.5 Å². The molecule has 0 saturated carbocycles. The Labute approximate surface area is 258 Å². The molecule has 0 bridgehead atoms. The van der Waals surface area contributed by atoms with Crippen LogP contribution < -0.4 is 28.4 Å². The Balaban J connectivity index is 1.61. The van der Waals surface area contributed by atoms with Crippen molar-refractivity contribution in [3.8, 4) is 34.5 Å². The van der Waals surface area contributed by atoms with Gasteiger partial charge in [0.15, 0.2) is 23.0 Å². The molecule has 14 nitrogen and oxygen atoms in total. The van der Waals surface area contributed by atoms with Gasteiger partial charge in [0.1, 0.15) is 0 Å². The van der Waals surface area contributed by atoms with Gasteiger partial charge in [-0.2, -0.15) is 30.0 Å². The maximum Gasteiger partial charge on any atom is 0.203 e. The molecule has 2 aromatic heterocycles. The summed E-state index contributed by atoms with van der Waals surface area (Å²) in [7, 11) is 13.3. The fourth-order valence-electron chi connectivity index (χ4n) is 5.06. The van der Waals surface area contributed by atoms with Crippen molar-refractivity contribution in [2.24, 2.45) is 14.1 Å². The number of benzene rings is 2. The number of ether oxygens (including phenoxy) is 6. The summed E-state index contributed by atoms with van der Waals surface area (Å²) < 4.78 is 33.5. The summed E-state index contributed by atoms with van der Waals surface area (Å²) in [6.07, 6.45) is 3.57. The second-order valence-electron chi connectivity index (χ2n) is 10.1. The van der Waals surface area contributed by atoms with Gasteiger partial charge in [-0.3, -0.25) is 9.80 Å². The SMILES string of the molecule is COc1cc(CN(CCN(Cc2cc(OC)c(OC)c(OC)c2)Cc2cnn(C)n2)Cc2cnn(C)n2)cc(OC)c1OC. The number of aryl methyl sites for hydroxylation is 2. The topological polar surface area (TPSA) is 123 Å². The van der Waals surface area contributed by atoms with E-state index >= 15 is 0 Å². The number of rotatable bonds is 17. The second kappa shape index (κ2) is 15.3. The Morgan fingerprint density at radius 2 is 0.864 bits per heavy atom. The molecular weight excluding hydrogens is 568 g/mol. The minimum atomic E-state index is 0.555. The Hall–Kier alpha value is -4.56. The van der Waals surface area contributed by atoms with Gasteiger partial charge in [-0.25, -0.2) is 0 Å². The summed E-state index contributed by atoms with van der Waals surface area (Å²) in [5, 5.41) is 17.6. The Bertz CT molecular complexity index is 1340. The number of aromatic nitrogens is 6. The van der Waals surface area contributed by atoms with Crippen molar-refractivity contribution < 1.29 is 28.4 Å². The van der Waals surface area contributed by atoms with Crippen LogP contribution in [0.2, 0.25) is 0 Å². The van der Waals surface area contributed by atoms with Crippen LogP contribution in [0, 0.1) is 0 Å². The lowest BCUT2D eigenvalue weighted by Gasteiger charge is -2.28. The van der Waals surface area contributed by atoms with Gasteiger partial charge in [0.25, 0.3) is 0 Å². The van der Waals surface area contributed by atoms with Crippen LogP contribution >= 0.6 is 0 Å². The van der Waals surface area contributed by atoms with Gasteiger partial charge in [0.2, 0.25) is 11.5 Å². The van der Waals surface area contributed by atoms with Crippen molar-refractivity contribution in [2.45, 2.75) is 26.2 Å². The Morgan fingerprint density at radius 1 is 0.523 bits per heavy atom. The average Bonchev–Trinajstić information content (AvgIpc) is 3.64. The van der Waals surface area contributed by atoms with E-state index in [0.29, 0.717) is 73.8 Å². The van der Waals surface area contributed by atoms with Crippen molar-refractivity contribution in [3.05, 3.63) is 59.2 Å². The molecule has 14 heteroatoms. The first-order chi connectivity index (χ1) is 21.3. The molecule has 2 heterocycles. The molecule has 0 amide bonds. The van der Waals surface area contributed by atoms with Crippen LogP contribution in [0.25, 0.3) is 0 Å². The molecule has 0 radical (unpaired) electrons. The van der Waals surface area contributed by atoms with E-state index in [-0.39, 0.29) is 0 Å². The molecule has 44 heavy (non-hydrogen) atoms. The second-order valence-corrected chi connectivity index (χ2v) is 10.1. The van der Waals surface area contributed by atoms with Gasteiger partial charge >= 0.3 is 0 Å². The maximum absolute atomic E-state index is 5.61. The molecule has 0 fully saturated rings. The van der Waals surface area contributed by atoms with Crippen molar-refractivity contribution in [3.63, 3.8) is 0 Å². The molecule has 0 saturated heterocycles. The van der Waals surface area contributed by atoms with Gasteiger partial charge in [-0.15, -0.1) is 0 Å². The molecule has 0 aliphatic carbocycles.